The van der Waals surface area contributed by atoms with Crippen LogP contribution in [0.2, 0.25) is 0 Å². The number of hydrogen-bond acceptors (Lipinski definition) is 4. The summed E-state index contributed by atoms with van der Waals surface area (Å²) >= 11 is 0. The Bertz CT molecular complexity index is 202. The van der Waals surface area contributed by atoms with E-state index in [1.54, 1.807) is 0 Å². The Balaban J connectivity index is 1.74. The zero-order valence-corrected chi connectivity index (χ0v) is 11.6. The summed E-state index contributed by atoms with van der Waals surface area (Å²) in [7, 11) is 0. The van der Waals surface area contributed by atoms with Gasteiger partial charge in [0.15, 0.2) is 0 Å². The molecule has 0 bridgehead atoms. The monoisotopic (exact) mass is 258 g/mol. The van der Waals surface area contributed by atoms with Crippen molar-refractivity contribution in [2.24, 2.45) is 0 Å². The van der Waals surface area contributed by atoms with Gasteiger partial charge in [0.05, 0.1) is 12.2 Å². The highest BCUT2D eigenvalue weighted by Gasteiger charge is 2.33. The molecule has 18 heavy (non-hydrogen) atoms. The predicted octanol–water partition coefficient (Wildman–Crippen LogP) is 2.85. The lowest BCUT2D eigenvalue weighted by Gasteiger charge is -2.36. The summed E-state index contributed by atoms with van der Waals surface area (Å²) in [5.41, 5.74) is 0. The Morgan fingerprint density at radius 2 is 1.28 bits per heavy atom. The Hall–Kier alpha value is -0.160. The van der Waals surface area contributed by atoms with Crippen LogP contribution in [0.3, 0.4) is 0 Å². The largest absolute Gasteiger partial charge is 0.375 e. The molecule has 2 rings (SSSR count). The lowest BCUT2D eigenvalue weighted by Crippen LogP contribution is -2.44. The summed E-state index contributed by atoms with van der Waals surface area (Å²) in [6, 6.07) is 0. The molecular weight excluding hydrogens is 232 g/mol. The normalized spacial score (nSPS) is 30.3. The van der Waals surface area contributed by atoms with Crippen molar-refractivity contribution in [3.63, 3.8) is 0 Å². The maximum atomic E-state index is 5.65. The highest BCUT2D eigenvalue weighted by atomic mass is 17.2. The summed E-state index contributed by atoms with van der Waals surface area (Å²) in [6.07, 6.45) is 6.98. The molecule has 4 heteroatoms. The fourth-order valence-corrected chi connectivity index (χ4v) is 2.40. The van der Waals surface area contributed by atoms with Gasteiger partial charge in [-0.2, -0.15) is 0 Å². The van der Waals surface area contributed by atoms with E-state index in [1.807, 2.05) is 0 Å². The minimum Gasteiger partial charge on any atom is -0.375 e. The van der Waals surface area contributed by atoms with Crippen LogP contribution in [0.15, 0.2) is 0 Å². The molecule has 2 aliphatic heterocycles. The lowest BCUT2D eigenvalue weighted by atomic mass is 10.0. The molecule has 2 fully saturated rings. The maximum Gasteiger partial charge on any atom is 0.119 e. The first kappa shape index (κ1) is 14.3. The summed E-state index contributed by atoms with van der Waals surface area (Å²) in [5, 5.41) is 0. The van der Waals surface area contributed by atoms with Crippen molar-refractivity contribution >= 4 is 0 Å². The van der Waals surface area contributed by atoms with E-state index < -0.39 is 0 Å². The molecule has 0 N–H and O–H groups in total. The second kappa shape index (κ2) is 7.43. The Morgan fingerprint density at radius 1 is 0.889 bits per heavy atom. The zero-order valence-electron chi connectivity index (χ0n) is 11.6. The van der Waals surface area contributed by atoms with E-state index in [1.165, 1.54) is 0 Å². The van der Waals surface area contributed by atoms with E-state index in [0.29, 0.717) is 0 Å². The molecule has 4 atom stereocenters. The van der Waals surface area contributed by atoms with E-state index >= 15 is 0 Å². The van der Waals surface area contributed by atoms with Gasteiger partial charge in [-0.05, 0) is 25.7 Å². The Morgan fingerprint density at radius 3 is 1.50 bits per heavy atom. The molecule has 0 aromatic carbocycles. The van der Waals surface area contributed by atoms with Gasteiger partial charge in [-0.1, -0.05) is 26.7 Å². The van der Waals surface area contributed by atoms with E-state index in [0.717, 1.165) is 51.7 Å². The van der Waals surface area contributed by atoms with Crippen molar-refractivity contribution in [3.05, 3.63) is 0 Å². The van der Waals surface area contributed by atoms with Gasteiger partial charge in [0.2, 0.25) is 0 Å². The first-order valence-electron chi connectivity index (χ1n) is 7.40. The van der Waals surface area contributed by atoms with Gasteiger partial charge in [-0.25, -0.2) is 9.78 Å². The van der Waals surface area contributed by atoms with Gasteiger partial charge in [0, 0.05) is 13.2 Å². The van der Waals surface area contributed by atoms with Gasteiger partial charge < -0.3 is 9.47 Å². The Labute approximate surface area is 110 Å². The van der Waals surface area contributed by atoms with E-state index in [2.05, 4.69) is 13.8 Å². The van der Waals surface area contributed by atoms with Crippen LogP contribution in [0.5, 0.6) is 0 Å². The SMILES string of the molecule is CCCC(OOC(CCC)C1CCO1)C1CCO1. The van der Waals surface area contributed by atoms with Crippen LogP contribution in [-0.4, -0.2) is 37.6 Å². The molecule has 4 nitrogen and oxygen atoms in total. The highest BCUT2D eigenvalue weighted by Crippen LogP contribution is 2.25. The molecule has 0 aromatic heterocycles. The summed E-state index contributed by atoms with van der Waals surface area (Å²) in [4.78, 5) is 11.3. The van der Waals surface area contributed by atoms with Crippen molar-refractivity contribution in [2.45, 2.75) is 76.8 Å². The summed E-state index contributed by atoms with van der Waals surface area (Å²) < 4.78 is 11.0. The van der Waals surface area contributed by atoms with E-state index in [4.69, 9.17) is 19.2 Å². The zero-order chi connectivity index (χ0) is 12.8. The molecule has 0 radical (unpaired) electrons. The quantitative estimate of drug-likeness (QED) is 0.471. The average molecular weight is 258 g/mol. The number of hydrogen-bond donors (Lipinski definition) is 0. The second-order valence-electron chi connectivity index (χ2n) is 5.24. The molecule has 0 aliphatic carbocycles. The smallest absolute Gasteiger partial charge is 0.119 e. The standard InChI is InChI=1S/C14H26O4/c1-3-5-13(11-7-9-15-11)17-18-14(6-4-2)12-8-10-16-12/h11-14H,3-10H2,1-2H3. The fourth-order valence-electron chi connectivity index (χ4n) is 2.40. The maximum absolute atomic E-state index is 5.65. The van der Waals surface area contributed by atoms with Gasteiger partial charge in [-0.15, -0.1) is 0 Å². The highest BCUT2D eigenvalue weighted by molar-refractivity contribution is 4.78. The predicted molar refractivity (Wildman–Crippen MR) is 68.3 cm³/mol. The van der Waals surface area contributed by atoms with Crippen molar-refractivity contribution < 1.29 is 19.2 Å². The summed E-state index contributed by atoms with van der Waals surface area (Å²) in [6.45, 7) is 6.04. The van der Waals surface area contributed by atoms with Crippen LogP contribution in [0.25, 0.3) is 0 Å². The van der Waals surface area contributed by atoms with Crippen molar-refractivity contribution in [2.75, 3.05) is 13.2 Å². The molecule has 0 aromatic rings. The molecular formula is C14H26O4. The molecule has 0 amide bonds. The topological polar surface area (TPSA) is 36.9 Å². The molecule has 0 spiro atoms. The van der Waals surface area contributed by atoms with Crippen LogP contribution in [0.4, 0.5) is 0 Å². The average Bonchev–Trinajstić information content (AvgIpc) is 2.21. The van der Waals surface area contributed by atoms with Crippen LogP contribution < -0.4 is 0 Å². The molecule has 106 valence electrons. The van der Waals surface area contributed by atoms with Crippen LogP contribution >= 0.6 is 0 Å². The molecule has 0 saturated carbocycles. The van der Waals surface area contributed by atoms with E-state index in [9.17, 15) is 0 Å². The van der Waals surface area contributed by atoms with Crippen LogP contribution in [-0.2, 0) is 19.2 Å². The molecule has 4 unspecified atom stereocenters. The first-order valence-corrected chi connectivity index (χ1v) is 7.40. The molecule has 2 heterocycles. The minimum atomic E-state index is 0.0863. The Kier molecular flexibility index (Phi) is 5.89. The van der Waals surface area contributed by atoms with Crippen LogP contribution in [0, 0.1) is 0 Å². The van der Waals surface area contributed by atoms with Crippen molar-refractivity contribution in [3.8, 4) is 0 Å². The van der Waals surface area contributed by atoms with Gasteiger partial charge in [0.1, 0.15) is 12.2 Å². The van der Waals surface area contributed by atoms with Crippen LogP contribution in [0.1, 0.15) is 52.4 Å². The number of rotatable bonds is 9. The molecule has 2 saturated heterocycles. The van der Waals surface area contributed by atoms with Crippen molar-refractivity contribution in [1.29, 1.82) is 0 Å². The third kappa shape index (κ3) is 3.67. The fraction of sp³-hybridized carbons (Fsp3) is 1.00. The number of ether oxygens (including phenoxy) is 2. The second-order valence-corrected chi connectivity index (χ2v) is 5.24. The van der Waals surface area contributed by atoms with Gasteiger partial charge in [0.25, 0.3) is 0 Å². The first-order chi connectivity index (χ1) is 8.85. The minimum absolute atomic E-state index is 0.0863. The van der Waals surface area contributed by atoms with Crippen molar-refractivity contribution in [1.82, 2.24) is 0 Å². The molecule has 2 aliphatic rings. The van der Waals surface area contributed by atoms with Gasteiger partial charge in [-0.3, -0.25) is 0 Å². The summed E-state index contributed by atoms with van der Waals surface area (Å²) in [5.74, 6) is 0. The third-order valence-electron chi connectivity index (χ3n) is 3.75. The van der Waals surface area contributed by atoms with E-state index in [-0.39, 0.29) is 24.4 Å². The lowest BCUT2D eigenvalue weighted by molar-refractivity contribution is -0.390. The third-order valence-corrected chi connectivity index (χ3v) is 3.75. The van der Waals surface area contributed by atoms with Gasteiger partial charge >= 0.3 is 0 Å².